The molecule has 86 valence electrons. The Labute approximate surface area is 94.5 Å². The first-order valence-corrected chi connectivity index (χ1v) is 5.73. The van der Waals surface area contributed by atoms with Crippen molar-refractivity contribution in [2.45, 2.75) is 11.1 Å². The number of nitrogens with zero attached hydrogens (tertiary/aromatic N) is 2. The van der Waals surface area contributed by atoms with E-state index >= 15 is 0 Å². The summed E-state index contributed by atoms with van der Waals surface area (Å²) in [5, 5.41) is 0. The number of hydrogen-bond donors (Lipinski definition) is 0. The second kappa shape index (κ2) is 3.69. The normalized spacial score (nSPS) is 12.3. The molecule has 1 aromatic heterocycles. The van der Waals surface area contributed by atoms with Crippen LogP contribution in [-0.2, 0) is 13.2 Å². The van der Waals surface area contributed by atoms with E-state index in [1.807, 2.05) is 6.26 Å². The summed E-state index contributed by atoms with van der Waals surface area (Å²) in [5.74, 6) is -0.860. The number of halogens is 3. The Bertz CT molecular complexity index is 531. The zero-order valence-electron chi connectivity index (χ0n) is 8.67. The topological polar surface area (TPSA) is 17.8 Å². The van der Waals surface area contributed by atoms with E-state index in [0.29, 0.717) is 11.0 Å². The molecule has 2 rings (SSSR count). The van der Waals surface area contributed by atoms with Gasteiger partial charge < -0.3 is 4.57 Å². The van der Waals surface area contributed by atoms with Crippen LogP contribution < -0.4 is 0 Å². The number of thioether (sulfide) groups is 1. The second-order valence-electron chi connectivity index (χ2n) is 3.35. The number of imidazole rings is 1. The van der Waals surface area contributed by atoms with Gasteiger partial charge in [-0.3, -0.25) is 0 Å². The molecule has 0 aliphatic heterocycles. The highest BCUT2D eigenvalue weighted by atomic mass is 32.2. The molecule has 0 spiro atoms. The van der Waals surface area contributed by atoms with E-state index < -0.39 is 12.0 Å². The molecule has 0 atom stereocenters. The summed E-state index contributed by atoms with van der Waals surface area (Å²) < 4.78 is 38.8. The maximum atomic E-state index is 12.6. The van der Waals surface area contributed by atoms with Crippen LogP contribution in [0, 0.1) is 0 Å². The van der Waals surface area contributed by atoms with E-state index in [1.54, 1.807) is 18.2 Å². The molecule has 0 bridgehead atoms. The molecular weight excluding hydrogens is 237 g/mol. The molecule has 2 aromatic rings. The molecule has 0 amide bonds. The van der Waals surface area contributed by atoms with E-state index in [1.165, 1.54) is 18.8 Å². The van der Waals surface area contributed by atoms with Crippen LogP contribution in [0.3, 0.4) is 0 Å². The first kappa shape index (κ1) is 11.3. The zero-order valence-corrected chi connectivity index (χ0v) is 9.49. The number of aryl methyl sites for hydroxylation is 1. The molecule has 0 aliphatic rings. The standard InChI is InChI=1S/C10H9F3N2S/c1-15-8-4-3-6(16-2)5-7(8)14-9(15)10(11,12)13/h3-5H,1-2H3. The summed E-state index contributed by atoms with van der Waals surface area (Å²) in [7, 11) is 1.37. The van der Waals surface area contributed by atoms with Gasteiger partial charge in [-0.05, 0) is 24.5 Å². The maximum Gasteiger partial charge on any atom is 0.449 e. The molecule has 0 fully saturated rings. The highest BCUT2D eigenvalue weighted by Crippen LogP contribution is 2.31. The number of benzene rings is 1. The van der Waals surface area contributed by atoms with Crippen LogP contribution in [0.2, 0.25) is 0 Å². The highest BCUT2D eigenvalue weighted by Gasteiger charge is 2.36. The third-order valence-electron chi connectivity index (χ3n) is 2.34. The molecule has 2 nitrogen and oxygen atoms in total. The van der Waals surface area contributed by atoms with Crippen LogP contribution >= 0.6 is 11.8 Å². The fraction of sp³-hybridized carbons (Fsp3) is 0.300. The van der Waals surface area contributed by atoms with Crippen molar-refractivity contribution in [2.24, 2.45) is 7.05 Å². The molecular formula is C10H9F3N2S. The van der Waals surface area contributed by atoms with Crippen LogP contribution in [0.25, 0.3) is 11.0 Å². The first-order chi connectivity index (χ1) is 7.43. The predicted octanol–water partition coefficient (Wildman–Crippen LogP) is 3.31. The number of alkyl halides is 3. The minimum atomic E-state index is -4.41. The second-order valence-corrected chi connectivity index (χ2v) is 4.23. The molecule has 0 aliphatic carbocycles. The lowest BCUT2D eigenvalue weighted by Gasteiger charge is -2.05. The summed E-state index contributed by atoms with van der Waals surface area (Å²) in [6.07, 6.45) is -2.54. The van der Waals surface area contributed by atoms with Crippen molar-refractivity contribution in [3.63, 3.8) is 0 Å². The van der Waals surface area contributed by atoms with Crippen molar-refractivity contribution in [3.05, 3.63) is 24.0 Å². The first-order valence-electron chi connectivity index (χ1n) is 4.51. The minimum absolute atomic E-state index is 0.377. The Balaban J connectivity index is 2.68. The van der Waals surface area contributed by atoms with Gasteiger partial charge in [0, 0.05) is 11.9 Å². The van der Waals surface area contributed by atoms with Gasteiger partial charge in [0.2, 0.25) is 5.82 Å². The molecule has 6 heteroatoms. The van der Waals surface area contributed by atoms with Gasteiger partial charge in [-0.25, -0.2) is 4.98 Å². The van der Waals surface area contributed by atoms with Gasteiger partial charge in [0.1, 0.15) is 0 Å². The molecule has 0 N–H and O–H groups in total. The largest absolute Gasteiger partial charge is 0.449 e. The van der Waals surface area contributed by atoms with Gasteiger partial charge in [0.25, 0.3) is 0 Å². The van der Waals surface area contributed by atoms with Gasteiger partial charge in [0.05, 0.1) is 11.0 Å². The summed E-state index contributed by atoms with van der Waals surface area (Å²) >= 11 is 1.48. The molecule has 0 unspecified atom stereocenters. The van der Waals surface area contributed by atoms with Gasteiger partial charge >= 0.3 is 6.18 Å². The van der Waals surface area contributed by atoms with Crippen molar-refractivity contribution in [1.82, 2.24) is 9.55 Å². The van der Waals surface area contributed by atoms with Gasteiger partial charge in [-0.1, -0.05) is 0 Å². The Morgan fingerprint density at radius 2 is 2.00 bits per heavy atom. The fourth-order valence-corrected chi connectivity index (χ4v) is 1.99. The Morgan fingerprint density at radius 3 is 2.56 bits per heavy atom. The van der Waals surface area contributed by atoms with Crippen LogP contribution in [0.15, 0.2) is 23.1 Å². The van der Waals surface area contributed by atoms with Crippen LogP contribution in [-0.4, -0.2) is 15.8 Å². The Kier molecular flexibility index (Phi) is 2.61. The summed E-state index contributed by atoms with van der Waals surface area (Å²) in [6.45, 7) is 0. The molecule has 1 heterocycles. The van der Waals surface area contributed by atoms with Crippen LogP contribution in [0.1, 0.15) is 5.82 Å². The van der Waals surface area contributed by atoms with E-state index in [0.717, 1.165) is 9.46 Å². The zero-order chi connectivity index (χ0) is 11.9. The lowest BCUT2D eigenvalue weighted by Crippen LogP contribution is -2.12. The molecule has 1 aromatic carbocycles. The summed E-state index contributed by atoms with van der Waals surface area (Å²) in [4.78, 5) is 4.52. The number of aromatic nitrogens is 2. The maximum absolute atomic E-state index is 12.6. The average Bonchev–Trinajstić information content (AvgIpc) is 2.55. The predicted molar refractivity (Wildman–Crippen MR) is 57.5 cm³/mol. The van der Waals surface area contributed by atoms with Crippen molar-refractivity contribution in [2.75, 3.05) is 6.26 Å². The molecule has 0 saturated heterocycles. The van der Waals surface area contributed by atoms with Gasteiger partial charge in [-0.15, -0.1) is 11.8 Å². The van der Waals surface area contributed by atoms with Gasteiger partial charge in [-0.2, -0.15) is 13.2 Å². The van der Waals surface area contributed by atoms with Crippen LogP contribution in [0.4, 0.5) is 13.2 Å². The SMILES string of the molecule is CSc1ccc2c(c1)nc(C(F)(F)F)n2C. The lowest BCUT2D eigenvalue weighted by molar-refractivity contribution is -0.146. The monoisotopic (exact) mass is 246 g/mol. The quantitative estimate of drug-likeness (QED) is 0.718. The van der Waals surface area contributed by atoms with Crippen molar-refractivity contribution < 1.29 is 13.2 Å². The average molecular weight is 246 g/mol. The van der Waals surface area contributed by atoms with Crippen LogP contribution in [0.5, 0.6) is 0 Å². The third kappa shape index (κ3) is 1.77. The molecule has 0 saturated carbocycles. The molecule has 0 radical (unpaired) electrons. The minimum Gasteiger partial charge on any atom is -0.323 e. The third-order valence-corrected chi connectivity index (χ3v) is 3.07. The van der Waals surface area contributed by atoms with Crippen molar-refractivity contribution in [3.8, 4) is 0 Å². The number of fused-ring (bicyclic) bond motifs is 1. The lowest BCUT2D eigenvalue weighted by atomic mass is 10.3. The Morgan fingerprint density at radius 1 is 1.31 bits per heavy atom. The van der Waals surface area contributed by atoms with E-state index in [2.05, 4.69) is 4.98 Å². The number of rotatable bonds is 1. The van der Waals surface area contributed by atoms with E-state index in [4.69, 9.17) is 0 Å². The highest BCUT2D eigenvalue weighted by molar-refractivity contribution is 7.98. The van der Waals surface area contributed by atoms with Crippen molar-refractivity contribution in [1.29, 1.82) is 0 Å². The van der Waals surface area contributed by atoms with Gasteiger partial charge in [0.15, 0.2) is 0 Å². The smallest absolute Gasteiger partial charge is 0.323 e. The van der Waals surface area contributed by atoms with E-state index in [-0.39, 0.29) is 0 Å². The summed E-state index contributed by atoms with van der Waals surface area (Å²) in [6, 6.07) is 5.10. The summed E-state index contributed by atoms with van der Waals surface area (Å²) in [5.41, 5.74) is 0.867. The Hall–Kier alpha value is -1.17. The number of hydrogen-bond acceptors (Lipinski definition) is 2. The molecule has 16 heavy (non-hydrogen) atoms. The van der Waals surface area contributed by atoms with E-state index in [9.17, 15) is 13.2 Å². The fourth-order valence-electron chi connectivity index (χ4n) is 1.56. The van der Waals surface area contributed by atoms with Crippen molar-refractivity contribution >= 4 is 22.8 Å².